The molecule has 0 radical (unpaired) electrons. The Hall–Kier alpha value is -3.32. The van der Waals surface area contributed by atoms with Crippen LogP contribution in [-0.2, 0) is 12.8 Å². The first-order chi connectivity index (χ1) is 16.3. The molecule has 0 saturated carbocycles. The summed E-state index contributed by atoms with van der Waals surface area (Å²) < 4.78 is 0. The number of hydrogen-bond donors (Lipinski definition) is 1. The van der Waals surface area contributed by atoms with Gasteiger partial charge >= 0.3 is 0 Å². The SMILES string of the molecule is C=C(C)C(CCc1ccc(CC(c2ccccc2)c2ccc(C)cc2)cc1)=C(C)C.C=CNC. The summed E-state index contributed by atoms with van der Waals surface area (Å²) in [7, 11) is 1.81. The zero-order valence-corrected chi connectivity index (χ0v) is 21.7. The van der Waals surface area contributed by atoms with E-state index in [4.69, 9.17) is 0 Å². The molecule has 0 amide bonds. The van der Waals surface area contributed by atoms with Crippen molar-refractivity contribution in [2.45, 2.75) is 52.9 Å². The summed E-state index contributed by atoms with van der Waals surface area (Å²) in [5.41, 5.74) is 10.8. The van der Waals surface area contributed by atoms with Crippen molar-refractivity contribution in [1.29, 1.82) is 0 Å². The molecule has 0 aliphatic rings. The van der Waals surface area contributed by atoms with E-state index in [9.17, 15) is 0 Å². The lowest BCUT2D eigenvalue weighted by Crippen LogP contribution is -2.05. The molecule has 0 bridgehead atoms. The van der Waals surface area contributed by atoms with Gasteiger partial charge in [-0.25, -0.2) is 0 Å². The third-order valence-electron chi connectivity index (χ3n) is 6.13. The average molecular weight is 452 g/mol. The molecule has 0 aliphatic carbocycles. The number of nitrogens with one attached hydrogen (secondary N) is 1. The second-order valence-electron chi connectivity index (χ2n) is 9.15. The maximum Gasteiger partial charge on any atom is 0.0130 e. The lowest BCUT2D eigenvalue weighted by atomic mass is 9.85. The molecule has 178 valence electrons. The van der Waals surface area contributed by atoms with Gasteiger partial charge in [0.1, 0.15) is 0 Å². The van der Waals surface area contributed by atoms with Gasteiger partial charge in [-0.15, -0.1) is 0 Å². The first-order valence-electron chi connectivity index (χ1n) is 12.2. The van der Waals surface area contributed by atoms with Crippen LogP contribution in [0.5, 0.6) is 0 Å². The van der Waals surface area contributed by atoms with Crippen LogP contribution in [-0.4, -0.2) is 7.05 Å². The van der Waals surface area contributed by atoms with E-state index >= 15 is 0 Å². The summed E-state index contributed by atoms with van der Waals surface area (Å²) in [6.07, 6.45) is 4.76. The molecule has 1 N–H and O–H groups in total. The normalized spacial score (nSPS) is 11.0. The maximum absolute atomic E-state index is 4.14. The van der Waals surface area contributed by atoms with Gasteiger partial charge < -0.3 is 5.32 Å². The highest BCUT2D eigenvalue weighted by atomic mass is 14.8. The molecule has 34 heavy (non-hydrogen) atoms. The molecule has 0 aliphatic heterocycles. The van der Waals surface area contributed by atoms with E-state index in [0.29, 0.717) is 5.92 Å². The number of rotatable bonds is 9. The number of allylic oxidation sites excluding steroid dienone is 3. The highest BCUT2D eigenvalue weighted by Crippen LogP contribution is 2.29. The van der Waals surface area contributed by atoms with Crippen molar-refractivity contribution < 1.29 is 0 Å². The average Bonchev–Trinajstić information content (AvgIpc) is 2.84. The molecule has 3 aromatic rings. The monoisotopic (exact) mass is 451 g/mol. The van der Waals surface area contributed by atoms with E-state index in [2.05, 4.69) is 125 Å². The molecule has 0 heterocycles. The standard InChI is InChI=1S/C30H34.C3H7N/c1-22(2)29(23(3)4)20-17-25-13-15-26(16-14-25)21-30(27-9-7-6-8-10-27)28-18-11-24(5)12-19-28;1-3-4-2/h6-16,18-19,30H,1,17,20-21H2,2-5H3;3-4H,1H2,2H3. The molecule has 0 aromatic heterocycles. The molecule has 3 aromatic carbocycles. The minimum atomic E-state index is 0.373. The Kier molecular flexibility index (Phi) is 11.1. The second kappa shape index (κ2) is 14.1. The van der Waals surface area contributed by atoms with Gasteiger partial charge in [0.05, 0.1) is 0 Å². The predicted molar refractivity (Wildman–Crippen MR) is 150 cm³/mol. The van der Waals surface area contributed by atoms with Crippen molar-refractivity contribution in [3.05, 3.63) is 143 Å². The van der Waals surface area contributed by atoms with Crippen LogP contribution in [0.2, 0.25) is 0 Å². The Morgan fingerprint density at radius 1 is 0.824 bits per heavy atom. The van der Waals surface area contributed by atoms with E-state index in [1.54, 1.807) is 6.20 Å². The van der Waals surface area contributed by atoms with Gasteiger partial charge in [0.15, 0.2) is 0 Å². The molecular weight excluding hydrogens is 410 g/mol. The largest absolute Gasteiger partial charge is 0.394 e. The van der Waals surface area contributed by atoms with Crippen molar-refractivity contribution >= 4 is 0 Å². The van der Waals surface area contributed by atoms with E-state index in [-0.39, 0.29) is 0 Å². The molecule has 1 heteroatoms. The predicted octanol–water partition coefficient (Wildman–Crippen LogP) is 8.56. The van der Waals surface area contributed by atoms with Gasteiger partial charge in [-0.1, -0.05) is 109 Å². The smallest absolute Gasteiger partial charge is 0.0130 e. The van der Waals surface area contributed by atoms with Gasteiger partial charge in [0.25, 0.3) is 0 Å². The van der Waals surface area contributed by atoms with E-state index in [0.717, 1.165) is 19.3 Å². The van der Waals surface area contributed by atoms with Gasteiger partial charge in [-0.2, -0.15) is 0 Å². The Balaban J connectivity index is 0.000000945. The lowest BCUT2D eigenvalue weighted by Gasteiger charge is -2.19. The van der Waals surface area contributed by atoms with Gasteiger partial charge in [0, 0.05) is 13.0 Å². The van der Waals surface area contributed by atoms with E-state index < -0.39 is 0 Å². The fourth-order valence-electron chi connectivity index (χ4n) is 4.15. The molecule has 0 fully saturated rings. The molecule has 3 rings (SSSR count). The summed E-state index contributed by atoms with van der Waals surface area (Å²) in [5.74, 6) is 0.373. The van der Waals surface area contributed by atoms with E-state index in [1.165, 1.54) is 44.5 Å². The van der Waals surface area contributed by atoms with Crippen molar-refractivity contribution in [1.82, 2.24) is 5.32 Å². The highest BCUT2D eigenvalue weighted by Gasteiger charge is 2.15. The third-order valence-corrected chi connectivity index (χ3v) is 6.13. The van der Waals surface area contributed by atoms with Crippen LogP contribution in [0.1, 0.15) is 60.9 Å². The van der Waals surface area contributed by atoms with Crippen LogP contribution < -0.4 is 5.32 Å². The van der Waals surface area contributed by atoms with Gasteiger partial charge in [-0.3, -0.25) is 0 Å². The molecule has 0 saturated heterocycles. The van der Waals surface area contributed by atoms with Crippen LogP contribution in [0.4, 0.5) is 0 Å². The van der Waals surface area contributed by atoms with Gasteiger partial charge in [-0.05, 0) is 81.0 Å². The minimum Gasteiger partial charge on any atom is -0.394 e. The summed E-state index contributed by atoms with van der Waals surface area (Å²) in [5, 5.41) is 2.69. The number of hydrogen-bond acceptors (Lipinski definition) is 1. The molecule has 1 unspecified atom stereocenters. The summed E-state index contributed by atoms with van der Waals surface area (Å²) in [4.78, 5) is 0. The zero-order valence-electron chi connectivity index (χ0n) is 21.7. The Labute approximate surface area is 208 Å². The van der Waals surface area contributed by atoms with Crippen molar-refractivity contribution in [3.8, 4) is 0 Å². The second-order valence-corrected chi connectivity index (χ2v) is 9.15. The molecule has 0 spiro atoms. The summed E-state index contributed by atoms with van der Waals surface area (Å²) >= 11 is 0. The Bertz CT molecular complexity index is 1050. The highest BCUT2D eigenvalue weighted by molar-refractivity contribution is 5.37. The summed E-state index contributed by atoms with van der Waals surface area (Å²) in [6.45, 7) is 16.1. The van der Waals surface area contributed by atoms with Crippen molar-refractivity contribution in [2.24, 2.45) is 0 Å². The Morgan fingerprint density at radius 2 is 1.35 bits per heavy atom. The third kappa shape index (κ3) is 8.56. The quantitative estimate of drug-likeness (QED) is 0.321. The molecule has 1 atom stereocenters. The summed E-state index contributed by atoms with van der Waals surface area (Å²) in [6, 6.07) is 29.1. The number of aryl methyl sites for hydroxylation is 2. The fraction of sp³-hybridized carbons (Fsp3) is 0.273. The van der Waals surface area contributed by atoms with Crippen LogP contribution >= 0.6 is 0 Å². The lowest BCUT2D eigenvalue weighted by molar-refractivity contribution is 0.803. The van der Waals surface area contributed by atoms with Crippen molar-refractivity contribution in [2.75, 3.05) is 7.05 Å². The minimum absolute atomic E-state index is 0.373. The maximum atomic E-state index is 4.14. The first-order valence-corrected chi connectivity index (χ1v) is 12.2. The first kappa shape index (κ1) is 26.9. The van der Waals surface area contributed by atoms with Gasteiger partial charge in [0.2, 0.25) is 0 Å². The van der Waals surface area contributed by atoms with Crippen LogP contribution in [0.25, 0.3) is 0 Å². The Morgan fingerprint density at radius 3 is 1.85 bits per heavy atom. The molecule has 1 nitrogen and oxygen atoms in total. The number of benzene rings is 3. The fourth-order valence-corrected chi connectivity index (χ4v) is 4.15. The van der Waals surface area contributed by atoms with Crippen molar-refractivity contribution in [3.63, 3.8) is 0 Å². The van der Waals surface area contributed by atoms with Crippen LogP contribution in [0.15, 0.2) is 115 Å². The topological polar surface area (TPSA) is 12.0 Å². The zero-order chi connectivity index (χ0) is 24.9. The van der Waals surface area contributed by atoms with Crippen LogP contribution in [0.3, 0.4) is 0 Å². The molecular formula is C33H41N. The van der Waals surface area contributed by atoms with Crippen LogP contribution in [0, 0.1) is 6.92 Å². The van der Waals surface area contributed by atoms with E-state index in [1.807, 2.05) is 7.05 Å².